The molecule has 0 saturated heterocycles. The van der Waals surface area contributed by atoms with Gasteiger partial charge in [-0.15, -0.1) is 0 Å². The second-order valence-electron chi connectivity index (χ2n) is 2.27. The van der Waals surface area contributed by atoms with Crippen molar-refractivity contribution in [3.63, 3.8) is 0 Å². The molecule has 0 radical (unpaired) electrons. The maximum Gasteiger partial charge on any atom is 0.450 e. The van der Waals surface area contributed by atoms with Gasteiger partial charge < -0.3 is 10.2 Å². The molecule has 0 aliphatic rings. The van der Waals surface area contributed by atoms with Gasteiger partial charge in [-0.05, 0) is 6.42 Å². The monoisotopic (exact) mass is 200 g/mol. The Balaban J connectivity index is 4.56. The number of hydrogen-bond donors (Lipinski definition) is 2. The highest BCUT2D eigenvalue weighted by Gasteiger charge is 2.45. The number of aliphatic carboxylic acids is 1. The maximum atomic E-state index is 11.7. The van der Waals surface area contributed by atoms with Gasteiger partial charge in [0.2, 0.25) is 0 Å². The Kier molecular flexibility index (Phi) is 3.86. The third kappa shape index (κ3) is 3.41. The van der Waals surface area contributed by atoms with Crippen molar-refractivity contribution in [2.75, 3.05) is 6.61 Å². The highest BCUT2D eigenvalue weighted by molar-refractivity contribution is 6.01. The first-order valence-electron chi connectivity index (χ1n) is 3.25. The van der Waals surface area contributed by atoms with Crippen molar-refractivity contribution in [3.8, 4) is 0 Å². The van der Waals surface area contributed by atoms with Crippen LogP contribution in [0.4, 0.5) is 13.2 Å². The van der Waals surface area contributed by atoms with E-state index in [9.17, 15) is 22.8 Å². The molecule has 0 fully saturated rings. The summed E-state index contributed by atoms with van der Waals surface area (Å²) < 4.78 is 35.1. The van der Waals surface area contributed by atoms with Gasteiger partial charge in [0.05, 0.1) is 0 Å². The Morgan fingerprint density at radius 2 is 1.77 bits per heavy atom. The summed E-state index contributed by atoms with van der Waals surface area (Å²) in [6, 6.07) is 0. The molecule has 0 rings (SSSR count). The molecule has 0 aliphatic carbocycles. The summed E-state index contributed by atoms with van der Waals surface area (Å²) in [5, 5.41) is 16.4. The third-order valence-electron chi connectivity index (χ3n) is 1.31. The van der Waals surface area contributed by atoms with E-state index in [2.05, 4.69) is 0 Å². The van der Waals surface area contributed by atoms with E-state index in [0.29, 0.717) is 0 Å². The SMILES string of the molecule is O=C(O)[C@@H](CCO)C(=O)C(F)(F)F. The number of rotatable bonds is 4. The van der Waals surface area contributed by atoms with Crippen LogP contribution in [0.5, 0.6) is 0 Å². The Hall–Kier alpha value is -1.11. The second-order valence-corrected chi connectivity index (χ2v) is 2.27. The number of aliphatic hydroxyl groups excluding tert-OH is 1. The van der Waals surface area contributed by atoms with Gasteiger partial charge in [0.1, 0.15) is 5.92 Å². The van der Waals surface area contributed by atoms with Gasteiger partial charge in [0.15, 0.2) is 0 Å². The van der Waals surface area contributed by atoms with Gasteiger partial charge >= 0.3 is 12.1 Å². The van der Waals surface area contributed by atoms with Gasteiger partial charge in [-0.1, -0.05) is 0 Å². The van der Waals surface area contributed by atoms with Crippen molar-refractivity contribution in [1.82, 2.24) is 0 Å². The van der Waals surface area contributed by atoms with Crippen LogP contribution in [0.2, 0.25) is 0 Å². The van der Waals surface area contributed by atoms with Crippen LogP contribution in [0, 0.1) is 5.92 Å². The van der Waals surface area contributed by atoms with Crippen molar-refractivity contribution >= 4 is 11.8 Å². The molecule has 0 heterocycles. The molecule has 0 aromatic carbocycles. The van der Waals surface area contributed by atoms with Crippen LogP contribution >= 0.6 is 0 Å². The molecule has 0 unspecified atom stereocenters. The van der Waals surface area contributed by atoms with Crippen molar-refractivity contribution < 1.29 is 33.0 Å². The smallest absolute Gasteiger partial charge is 0.450 e. The second kappa shape index (κ2) is 4.22. The van der Waals surface area contributed by atoms with E-state index in [0.717, 1.165) is 0 Å². The number of Topliss-reactive ketones (excluding diaryl/α,β-unsaturated/α-hetero) is 1. The first-order chi connectivity index (χ1) is 5.80. The van der Waals surface area contributed by atoms with Crippen LogP contribution in [0.1, 0.15) is 6.42 Å². The van der Waals surface area contributed by atoms with E-state index in [1.807, 2.05) is 0 Å². The minimum Gasteiger partial charge on any atom is -0.481 e. The van der Waals surface area contributed by atoms with Crippen LogP contribution < -0.4 is 0 Å². The lowest BCUT2D eigenvalue weighted by Gasteiger charge is -2.11. The highest BCUT2D eigenvalue weighted by atomic mass is 19.4. The summed E-state index contributed by atoms with van der Waals surface area (Å²) in [5.41, 5.74) is 0. The van der Waals surface area contributed by atoms with Gasteiger partial charge in [-0.25, -0.2) is 0 Å². The third-order valence-corrected chi connectivity index (χ3v) is 1.31. The average molecular weight is 200 g/mol. The zero-order valence-corrected chi connectivity index (χ0v) is 6.34. The fourth-order valence-corrected chi connectivity index (χ4v) is 0.693. The van der Waals surface area contributed by atoms with Gasteiger partial charge in [-0.2, -0.15) is 13.2 Å². The molecule has 76 valence electrons. The Morgan fingerprint density at radius 3 is 2.00 bits per heavy atom. The van der Waals surface area contributed by atoms with E-state index in [1.165, 1.54) is 0 Å². The minimum absolute atomic E-state index is 0.728. The molecule has 4 nitrogen and oxygen atoms in total. The maximum absolute atomic E-state index is 11.7. The Labute approximate surface area is 71.0 Å². The van der Waals surface area contributed by atoms with Crippen molar-refractivity contribution in [1.29, 1.82) is 0 Å². The lowest BCUT2D eigenvalue weighted by molar-refractivity contribution is -0.180. The largest absolute Gasteiger partial charge is 0.481 e. The summed E-state index contributed by atoms with van der Waals surface area (Å²) >= 11 is 0. The predicted octanol–water partition coefficient (Wildman–Crippen LogP) is 0.201. The number of halogens is 3. The Bertz CT molecular complexity index is 210. The minimum atomic E-state index is -5.17. The first kappa shape index (κ1) is 11.9. The summed E-state index contributed by atoms with van der Waals surface area (Å²) in [6.45, 7) is -0.779. The quantitative estimate of drug-likeness (QED) is 0.635. The van der Waals surface area contributed by atoms with E-state index < -0.39 is 36.9 Å². The highest BCUT2D eigenvalue weighted by Crippen LogP contribution is 2.22. The molecule has 7 heteroatoms. The molecule has 0 amide bonds. The van der Waals surface area contributed by atoms with Crippen LogP contribution in [-0.4, -0.2) is 34.7 Å². The molecule has 0 aromatic rings. The number of ketones is 1. The van der Waals surface area contributed by atoms with Crippen molar-refractivity contribution in [3.05, 3.63) is 0 Å². The fraction of sp³-hybridized carbons (Fsp3) is 0.667. The zero-order chi connectivity index (χ0) is 10.6. The van der Waals surface area contributed by atoms with E-state index >= 15 is 0 Å². The molecule has 1 atom stereocenters. The molecule has 0 spiro atoms. The summed E-state index contributed by atoms with van der Waals surface area (Å²) in [4.78, 5) is 20.5. The molecule has 0 bridgehead atoms. The summed E-state index contributed by atoms with van der Waals surface area (Å²) in [6.07, 6.45) is -5.90. The first-order valence-corrected chi connectivity index (χ1v) is 3.25. The van der Waals surface area contributed by atoms with Crippen LogP contribution in [0.15, 0.2) is 0 Å². The number of carbonyl (C=O) groups is 2. The fourth-order valence-electron chi connectivity index (χ4n) is 0.693. The molecule has 2 N–H and O–H groups in total. The van der Waals surface area contributed by atoms with Crippen molar-refractivity contribution in [2.24, 2.45) is 5.92 Å². The number of hydrogen-bond acceptors (Lipinski definition) is 3. The summed E-state index contributed by atoms with van der Waals surface area (Å²) in [7, 11) is 0. The molecule has 0 saturated carbocycles. The lowest BCUT2D eigenvalue weighted by atomic mass is 10.0. The predicted molar refractivity (Wildman–Crippen MR) is 33.9 cm³/mol. The van der Waals surface area contributed by atoms with Gasteiger partial charge in [0.25, 0.3) is 5.78 Å². The average Bonchev–Trinajstić information content (AvgIpc) is 1.96. The zero-order valence-electron chi connectivity index (χ0n) is 6.34. The topological polar surface area (TPSA) is 74.6 Å². The van der Waals surface area contributed by atoms with Crippen LogP contribution in [0.3, 0.4) is 0 Å². The van der Waals surface area contributed by atoms with Crippen LogP contribution in [-0.2, 0) is 9.59 Å². The molecular weight excluding hydrogens is 193 g/mol. The van der Waals surface area contributed by atoms with Crippen molar-refractivity contribution in [2.45, 2.75) is 12.6 Å². The number of carbonyl (C=O) groups excluding carboxylic acids is 1. The number of carboxylic acids is 1. The Morgan fingerprint density at radius 1 is 1.31 bits per heavy atom. The molecule has 0 aliphatic heterocycles. The number of carboxylic acid groups (broad SMARTS) is 1. The molecule has 0 aromatic heterocycles. The van der Waals surface area contributed by atoms with E-state index in [1.54, 1.807) is 0 Å². The molecule has 13 heavy (non-hydrogen) atoms. The van der Waals surface area contributed by atoms with Crippen LogP contribution in [0.25, 0.3) is 0 Å². The van der Waals surface area contributed by atoms with E-state index in [4.69, 9.17) is 10.2 Å². The summed E-state index contributed by atoms with van der Waals surface area (Å²) in [5.74, 6) is -6.42. The molecular formula is C6H7F3O4. The van der Waals surface area contributed by atoms with Gasteiger partial charge in [0, 0.05) is 6.61 Å². The normalized spacial score (nSPS) is 13.8. The lowest BCUT2D eigenvalue weighted by Crippen LogP contribution is -2.35. The number of alkyl halides is 3. The van der Waals surface area contributed by atoms with Gasteiger partial charge in [-0.3, -0.25) is 9.59 Å². The van der Waals surface area contributed by atoms with E-state index in [-0.39, 0.29) is 0 Å². The standard InChI is InChI=1S/C6H7F3O4/c7-6(8,9)4(11)3(1-2-10)5(12)13/h3,10H,1-2H2,(H,12,13)/t3-/m0/s1. The number of aliphatic hydroxyl groups is 1.